The Balaban J connectivity index is 0.00000196. The van der Waals surface area contributed by atoms with E-state index in [9.17, 15) is 4.79 Å². The Labute approximate surface area is 95.1 Å². The molecule has 1 amide bonds. The van der Waals surface area contributed by atoms with Crippen molar-refractivity contribution in [1.82, 2.24) is 5.32 Å². The second kappa shape index (κ2) is 8.08. The Hall–Kier alpha value is -1.26. The average molecular weight is 231 g/mol. The van der Waals surface area contributed by atoms with Crippen LogP contribution in [0.4, 0.5) is 5.69 Å². The zero-order valence-electron chi connectivity index (χ0n) is 8.27. The third-order valence-electron chi connectivity index (χ3n) is 1.66. The first kappa shape index (κ1) is 13.7. The molecule has 0 bridgehead atoms. The molecule has 15 heavy (non-hydrogen) atoms. The Kier molecular flexibility index (Phi) is 7.40. The van der Waals surface area contributed by atoms with Gasteiger partial charge >= 0.3 is 0 Å². The van der Waals surface area contributed by atoms with E-state index in [1.54, 1.807) is 0 Å². The van der Waals surface area contributed by atoms with E-state index in [1.165, 1.54) is 0 Å². The number of para-hydroxylation sites is 1. The molecule has 0 heterocycles. The highest BCUT2D eigenvalue weighted by Crippen LogP contribution is 2.03. The number of carbonyl (C=O) groups is 1. The maximum atomic E-state index is 11.1. The summed E-state index contributed by atoms with van der Waals surface area (Å²) in [5.74, 6) is -0.122. The smallest absolute Gasteiger partial charge is 0.239 e. The van der Waals surface area contributed by atoms with Gasteiger partial charge in [-0.1, -0.05) is 18.2 Å². The van der Waals surface area contributed by atoms with E-state index in [0.29, 0.717) is 6.54 Å². The number of anilines is 1. The lowest BCUT2D eigenvalue weighted by molar-refractivity contribution is -0.119. The van der Waals surface area contributed by atoms with Gasteiger partial charge in [-0.05, 0) is 12.1 Å². The van der Waals surface area contributed by atoms with Crippen molar-refractivity contribution in [3.05, 3.63) is 30.3 Å². The molecule has 1 rings (SSSR count). The van der Waals surface area contributed by atoms with Crippen LogP contribution >= 0.6 is 12.4 Å². The molecule has 0 aliphatic heterocycles. The van der Waals surface area contributed by atoms with Crippen LogP contribution in [-0.4, -0.2) is 30.7 Å². The largest absolute Gasteiger partial charge is 0.395 e. The summed E-state index contributed by atoms with van der Waals surface area (Å²) in [6.07, 6.45) is 0. The van der Waals surface area contributed by atoms with Crippen molar-refractivity contribution in [3.8, 4) is 0 Å². The number of aliphatic hydroxyl groups is 1. The van der Waals surface area contributed by atoms with Gasteiger partial charge in [-0.2, -0.15) is 0 Å². The third kappa shape index (κ3) is 5.93. The third-order valence-corrected chi connectivity index (χ3v) is 1.66. The number of amides is 1. The number of nitrogens with one attached hydrogen (secondary N) is 2. The molecule has 0 unspecified atom stereocenters. The minimum atomic E-state index is -0.122. The highest BCUT2D eigenvalue weighted by molar-refractivity contribution is 5.85. The Bertz CT molecular complexity index is 280. The van der Waals surface area contributed by atoms with Gasteiger partial charge in [-0.25, -0.2) is 0 Å². The summed E-state index contributed by atoms with van der Waals surface area (Å²) in [6.45, 7) is 0.496. The molecule has 5 heteroatoms. The van der Waals surface area contributed by atoms with E-state index >= 15 is 0 Å². The summed E-state index contributed by atoms with van der Waals surface area (Å²) < 4.78 is 0. The Morgan fingerprint density at radius 1 is 1.27 bits per heavy atom. The molecule has 0 aliphatic carbocycles. The summed E-state index contributed by atoms with van der Waals surface area (Å²) in [4.78, 5) is 11.1. The van der Waals surface area contributed by atoms with Crippen LogP contribution < -0.4 is 10.6 Å². The standard InChI is InChI=1S/C10H14N2O2.ClH/c13-7-6-11-10(14)8-12-9-4-2-1-3-5-9;/h1-5,12-13H,6-8H2,(H,11,14);1H. The van der Waals surface area contributed by atoms with Crippen molar-refractivity contribution in [2.24, 2.45) is 0 Å². The number of hydrogen-bond acceptors (Lipinski definition) is 3. The second-order valence-electron chi connectivity index (χ2n) is 2.79. The molecule has 4 nitrogen and oxygen atoms in total. The van der Waals surface area contributed by atoms with Crippen LogP contribution in [0.2, 0.25) is 0 Å². The molecular formula is C10H15ClN2O2. The topological polar surface area (TPSA) is 61.4 Å². The molecule has 0 atom stereocenters. The van der Waals surface area contributed by atoms with Crippen LogP contribution in [0.3, 0.4) is 0 Å². The number of halogens is 1. The zero-order chi connectivity index (χ0) is 10.2. The maximum Gasteiger partial charge on any atom is 0.239 e. The molecule has 0 radical (unpaired) electrons. The number of carbonyl (C=O) groups excluding carboxylic acids is 1. The molecule has 0 fully saturated rings. The van der Waals surface area contributed by atoms with Gasteiger partial charge < -0.3 is 15.7 Å². The molecule has 1 aromatic rings. The van der Waals surface area contributed by atoms with Gasteiger partial charge in [-0.15, -0.1) is 12.4 Å². The first-order valence-corrected chi connectivity index (χ1v) is 4.49. The van der Waals surface area contributed by atoms with Crippen molar-refractivity contribution >= 4 is 24.0 Å². The number of aliphatic hydroxyl groups excluding tert-OH is 1. The fraction of sp³-hybridized carbons (Fsp3) is 0.300. The van der Waals surface area contributed by atoms with Crippen LogP contribution in [0.25, 0.3) is 0 Å². The summed E-state index contributed by atoms with van der Waals surface area (Å²) in [7, 11) is 0. The first-order chi connectivity index (χ1) is 6.83. The quantitative estimate of drug-likeness (QED) is 0.695. The van der Waals surface area contributed by atoms with E-state index < -0.39 is 0 Å². The minimum Gasteiger partial charge on any atom is -0.395 e. The van der Waals surface area contributed by atoms with Gasteiger partial charge in [0.15, 0.2) is 0 Å². The van der Waals surface area contributed by atoms with Crippen LogP contribution in [0, 0.1) is 0 Å². The molecule has 84 valence electrons. The fourth-order valence-corrected chi connectivity index (χ4v) is 0.996. The van der Waals surface area contributed by atoms with E-state index in [2.05, 4.69) is 10.6 Å². The minimum absolute atomic E-state index is 0. The van der Waals surface area contributed by atoms with Crippen molar-refractivity contribution in [3.63, 3.8) is 0 Å². The predicted molar refractivity (Wildman–Crippen MR) is 62.3 cm³/mol. The van der Waals surface area contributed by atoms with Gasteiger partial charge in [0, 0.05) is 12.2 Å². The Morgan fingerprint density at radius 2 is 1.93 bits per heavy atom. The number of benzene rings is 1. The number of hydrogen-bond donors (Lipinski definition) is 3. The van der Waals surface area contributed by atoms with Crippen LogP contribution in [0.1, 0.15) is 0 Å². The van der Waals surface area contributed by atoms with Crippen molar-refractivity contribution in [2.45, 2.75) is 0 Å². The van der Waals surface area contributed by atoms with E-state index in [4.69, 9.17) is 5.11 Å². The van der Waals surface area contributed by atoms with Gasteiger partial charge in [0.2, 0.25) is 5.91 Å². The molecule has 0 aliphatic rings. The van der Waals surface area contributed by atoms with Crippen LogP contribution in [-0.2, 0) is 4.79 Å². The normalized spacial score (nSPS) is 8.87. The SMILES string of the molecule is Cl.O=C(CNc1ccccc1)NCCO. The second-order valence-corrected chi connectivity index (χ2v) is 2.79. The maximum absolute atomic E-state index is 11.1. The molecule has 0 aromatic heterocycles. The number of rotatable bonds is 5. The van der Waals surface area contributed by atoms with Crippen LogP contribution in [0.15, 0.2) is 30.3 Å². The monoisotopic (exact) mass is 230 g/mol. The summed E-state index contributed by atoms with van der Waals surface area (Å²) >= 11 is 0. The summed E-state index contributed by atoms with van der Waals surface area (Å²) in [5.41, 5.74) is 0.909. The lowest BCUT2D eigenvalue weighted by Crippen LogP contribution is -2.31. The molecular weight excluding hydrogens is 216 g/mol. The predicted octanol–water partition coefficient (Wildman–Crippen LogP) is 0.629. The molecule has 0 saturated carbocycles. The summed E-state index contributed by atoms with van der Waals surface area (Å²) in [5, 5.41) is 14.0. The van der Waals surface area contributed by atoms with Crippen molar-refractivity contribution in [2.75, 3.05) is 25.0 Å². The molecule has 0 spiro atoms. The van der Waals surface area contributed by atoms with Crippen LogP contribution in [0.5, 0.6) is 0 Å². The zero-order valence-corrected chi connectivity index (χ0v) is 9.09. The van der Waals surface area contributed by atoms with Gasteiger partial charge in [0.25, 0.3) is 0 Å². The lowest BCUT2D eigenvalue weighted by Gasteiger charge is -2.05. The highest BCUT2D eigenvalue weighted by Gasteiger charge is 1.98. The van der Waals surface area contributed by atoms with Gasteiger partial charge in [0.05, 0.1) is 13.2 Å². The fourth-order valence-electron chi connectivity index (χ4n) is 0.996. The van der Waals surface area contributed by atoms with Crippen molar-refractivity contribution < 1.29 is 9.90 Å². The van der Waals surface area contributed by atoms with E-state index in [-0.39, 0.29) is 31.5 Å². The lowest BCUT2D eigenvalue weighted by atomic mass is 10.3. The van der Waals surface area contributed by atoms with Gasteiger partial charge in [-0.3, -0.25) is 4.79 Å². The molecule has 0 saturated heterocycles. The van der Waals surface area contributed by atoms with E-state index in [0.717, 1.165) is 5.69 Å². The van der Waals surface area contributed by atoms with E-state index in [1.807, 2.05) is 30.3 Å². The molecule has 1 aromatic carbocycles. The summed E-state index contributed by atoms with van der Waals surface area (Å²) in [6, 6.07) is 9.48. The molecule has 3 N–H and O–H groups in total. The van der Waals surface area contributed by atoms with Crippen molar-refractivity contribution in [1.29, 1.82) is 0 Å². The average Bonchev–Trinajstić information content (AvgIpc) is 2.25. The highest BCUT2D eigenvalue weighted by atomic mass is 35.5. The first-order valence-electron chi connectivity index (χ1n) is 4.49. The Morgan fingerprint density at radius 3 is 2.53 bits per heavy atom. The van der Waals surface area contributed by atoms with Gasteiger partial charge in [0.1, 0.15) is 0 Å².